The van der Waals surface area contributed by atoms with Gasteiger partial charge in [0, 0.05) is 28.2 Å². The average Bonchev–Trinajstić information content (AvgIpc) is 3.63. The molecule has 188 valence electrons. The molecule has 1 saturated heterocycles. The molecule has 2 amide bonds. The lowest BCUT2D eigenvalue weighted by atomic mass is 9.68. The number of aromatic amines is 1. The van der Waals surface area contributed by atoms with E-state index in [1.54, 1.807) is 18.9 Å². The SMILES string of the molecule is COc1ccc([C@H]2c3sc(=O)[nH]c3SC3C4CC(C5C(=O)N(c6ccc([N+](=O)[O-])cc6)C(=O)C45)C32)cc1. The lowest BCUT2D eigenvalue weighted by Gasteiger charge is -2.43. The third kappa shape index (κ3) is 3.13. The summed E-state index contributed by atoms with van der Waals surface area (Å²) in [5.41, 5.74) is 1.36. The lowest BCUT2D eigenvalue weighted by Crippen LogP contribution is -2.42. The molecular weight excluding hydrogens is 514 g/mol. The average molecular weight is 536 g/mol. The summed E-state index contributed by atoms with van der Waals surface area (Å²) in [6.45, 7) is 0. The highest BCUT2D eigenvalue weighted by atomic mass is 32.2. The van der Waals surface area contributed by atoms with Gasteiger partial charge in [-0.3, -0.25) is 29.4 Å². The number of nitrogens with one attached hydrogen (secondary N) is 1. The first-order chi connectivity index (χ1) is 17.9. The maximum Gasteiger partial charge on any atom is 0.305 e. The van der Waals surface area contributed by atoms with Crippen LogP contribution in [0.4, 0.5) is 11.4 Å². The van der Waals surface area contributed by atoms with Gasteiger partial charge in [0.2, 0.25) is 11.8 Å². The second kappa shape index (κ2) is 8.03. The van der Waals surface area contributed by atoms with Crippen LogP contribution in [0.5, 0.6) is 5.75 Å². The molecule has 2 aromatic carbocycles. The van der Waals surface area contributed by atoms with Crippen molar-refractivity contribution in [3.05, 3.63) is 78.8 Å². The highest BCUT2D eigenvalue weighted by Gasteiger charge is 2.69. The molecule has 2 bridgehead atoms. The standard InChI is InChI=1S/C26H21N3O6S2/c1-35-14-8-2-11(3-9-14)17-18-15-10-16(21(18)36-23-22(17)37-26(32)27-23)20-19(15)24(30)28(25(20)31)12-4-6-13(7-5-12)29(33)34/h2-9,15-21H,10H2,1H3,(H,27,32)/t15?,16?,17-,18?,19?,20?,21?/m1/s1. The first-order valence-corrected chi connectivity index (χ1v) is 13.7. The Bertz CT molecular complexity index is 1510. The van der Waals surface area contributed by atoms with Gasteiger partial charge in [0.1, 0.15) is 5.75 Å². The van der Waals surface area contributed by atoms with Crippen LogP contribution in [0, 0.1) is 39.7 Å². The second-order valence-electron chi connectivity index (χ2n) is 10.0. The number of benzene rings is 2. The Morgan fingerprint density at radius 3 is 2.32 bits per heavy atom. The fourth-order valence-corrected chi connectivity index (χ4v) is 10.1. The third-order valence-electron chi connectivity index (χ3n) is 8.52. The predicted molar refractivity (Wildman–Crippen MR) is 137 cm³/mol. The largest absolute Gasteiger partial charge is 0.497 e. The van der Waals surface area contributed by atoms with Gasteiger partial charge in [-0.25, -0.2) is 0 Å². The van der Waals surface area contributed by atoms with Crippen molar-refractivity contribution in [1.29, 1.82) is 0 Å². The first kappa shape index (κ1) is 22.7. The van der Waals surface area contributed by atoms with Crippen LogP contribution in [-0.2, 0) is 9.59 Å². The summed E-state index contributed by atoms with van der Waals surface area (Å²) in [7, 11) is 1.62. The number of hydrogen-bond donors (Lipinski definition) is 1. The Kier molecular flexibility index (Phi) is 4.93. The smallest absolute Gasteiger partial charge is 0.305 e. The van der Waals surface area contributed by atoms with Crippen LogP contribution >= 0.6 is 23.1 Å². The van der Waals surface area contributed by atoms with E-state index in [2.05, 4.69) is 4.98 Å². The molecule has 9 nitrogen and oxygen atoms in total. The molecule has 11 heteroatoms. The number of methoxy groups -OCH3 is 1. The molecule has 3 aromatic rings. The Hall–Kier alpha value is -3.44. The zero-order chi connectivity index (χ0) is 25.6. The molecule has 7 atom stereocenters. The summed E-state index contributed by atoms with van der Waals surface area (Å²) in [6, 6.07) is 13.5. The normalized spacial score (nSPS) is 31.3. The van der Waals surface area contributed by atoms with E-state index in [-0.39, 0.29) is 51.3 Å². The molecule has 1 aromatic heterocycles. The summed E-state index contributed by atoms with van der Waals surface area (Å²) in [5, 5.41) is 12.0. The monoisotopic (exact) mass is 535 g/mol. The minimum atomic E-state index is -0.503. The molecule has 0 spiro atoms. The number of rotatable bonds is 4. The fraction of sp³-hybridized carbons (Fsp3) is 0.346. The Balaban J connectivity index is 1.28. The zero-order valence-corrected chi connectivity index (χ0v) is 21.2. The minimum Gasteiger partial charge on any atom is -0.497 e. The molecule has 4 aliphatic rings. The van der Waals surface area contributed by atoms with E-state index in [1.165, 1.54) is 40.5 Å². The van der Waals surface area contributed by atoms with Crippen LogP contribution in [0.15, 0.2) is 58.4 Å². The van der Waals surface area contributed by atoms with Crippen LogP contribution in [0.1, 0.15) is 22.8 Å². The van der Waals surface area contributed by atoms with Crippen molar-refractivity contribution >= 4 is 46.3 Å². The molecule has 6 unspecified atom stereocenters. The molecule has 3 fully saturated rings. The number of amides is 2. The van der Waals surface area contributed by atoms with Gasteiger partial charge in [-0.05, 0) is 54.0 Å². The fourth-order valence-electron chi connectivity index (χ4n) is 7.18. The molecule has 0 radical (unpaired) electrons. The number of carbonyl (C=O) groups is 2. The van der Waals surface area contributed by atoms with E-state index in [4.69, 9.17) is 4.74 Å². The number of nitro benzene ring substituents is 1. The number of nitrogens with zero attached hydrogens (tertiary/aromatic N) is 2. The van der Waals surface area contributed by atoms with E-state index < -0.39 is 16.8 Å². The molecule has 2 aliphatic carbocycles. The molecule has 2 aliphatic heterocycles. The van der Waals surface area contributed by atoms with Gasteiger partial charge >= 0.3 is 4.87 Å². The highest BCUT2D eigenvalue weighted by molar-refractivity contribution is 8.00. The molecular formula is C26H21N3O6S2. The number of aromatic nitrogens is 1. The number of thiazole rings is 1. The number of imide groups is 1. The van der Waals surface area contributed by atoms with E-state index in [0.717, 1.165) is 27.6 Å². The summed E-state index contributed by atoms with van der Waals surface area (Å²) < 4.78 is 5.34. The highest BCUT2D eigenvalue weighted by Crippen LogP contribution is 2.68. The van der Waals surface area contributed by atoms with Gasteiger partial charge < -0.3 is 9.72 Å². The number of non-ortho nitro benzene ring substituents is 1. The van der Waals surface area contributed by atoms with Crippen LogP contribution in [0.2, 0.25) is 0 Å². The number of hydrogen-bond acceptors (Lipinski definition) is 8. The van der Waals surface area contributed by atoms with E-state index in [9.17, 15) is 24.5 Å². The third-order valence-corrected chi connectivity index (χ3v) is 11.1. The predicted octanol–water partition coefficient (Wildman–Crippen LogP) is 4.03. The molecule has 7 rings (SSSR count). The lowest BCUT2D eigenvalue weighted by molar-refractivity contribution is -0.384. The maximum absolute atomic E-state index is 13.8. The number of ether oxygens (including phenoxy) is 1. The van der Waals surface area contributed by atoms with Crippen LogP contribution in [0.25, 0.3) is 0 Å². The van der Waals surface area contributed by atoms with Gasteiger partial charge in [0.15, 0.2) is 0 Å². The van der Waals surface area contributed by atoms with Crippen molar-refractivity contribution in [3.63, 3.8) is 0 Å². The van der Waals surface area contributed by atoms with Gasteiger partial charge in [-0.2, -0.15) is 0 Å². The molecule has 1 N–H and O–H groups in total. The molecule has 3 heterocycles. The van der Waals surface area contributed by atoms with Crippen LogP contribution < -0.4 is 14.5 Å². The van der Waals surface area contributed by atoms with Crippen LogP contribution in [0.3, 0.4) is 0 Å². The quantitative estimate of drug-likeness (QED) is 0.304. The number of thioether (sulfide) groups is 1. The number of nitro groups is 1. The Labute approximate surface area is 219 Å². The minimum absolute atomic E-state index is 0.00412. The zero-order valence-electron chi connectivity index (χ0n) is 19.5. The second-order valence-corrected chi connectivity index (χ2v) is 12.2. The van der Waals surface area contributed by atoms with Crippen molar-refractivity contribution in [3.8, 4) is 5.75 Å². The number of H-pyrrole nitrogens is 1. The number of carbonyl (C=O) groups excluding carboxylic acids is 2. The van der Waals surface area contributed by atoms with Crippen molar-refractivity contribution in [1.82, 2.24) is 4.98 Å². The van der Waals surface area contributed by atoms with E-state index in [0.29, 0.717) is 5.69 Å². The van der Waals surface area contributed by atoms with Gasteiger partial charge in [0.25, 0.3) is 5.69 Å². The number of fused-ring (bicyclic) bond motifs is 9. The topological polar surface area (TPSA) is 123 Å². The van der Waals surface area contributed by atoms with E-state index in [1.807, 2.05) is 24.3 Å². The Morgan fingerprint density at radius 2 is 1.68 bits per heavy atom. The van der Waals surface area contributed by atoms with Crippen molar-refractivity contribution in [2.75, 3.05) is 12.0 Å². The molecule has 2 saturated carbocycles. The van der Waals surface area contributed by atoms with Crippen molar-refractivity contribution in [2.24, 2.45) is 29.6 Å². The number of anilines is 1. The molecule has 37 heavy (non-hydrogen) atoms. The van der Waals surface area contributed by atoms with E-state index >= 15 is 0 Å². The van der Waals surface area contributed by atoms with Crippen molar-refractivity contribution in [2.45, 2.75) is 22.6 Å². The van der Waals surface area contributed by atoms with Gasteiger partial charge in [-0.1, -0.05) is 23.5 Å². The maximum atomic E-state index is 13.8. The first-order valence-electron chi connectivity index (χ1n) is 12.0. The summed E-state index contributed by atoms with van der Waals surface area (Å²) in [4.78, 5) is 55.5. The summed E-state index contributed by atoms with van der Waals surface area (Å²) in [6.07, 6.45) is 0.801. The Morgan fingerprint density at radius 1 is 1.00 bits per heavy atom. The van der Waals surface area contributed by atoms with Gasteiger partial charge in [0.05, 0.1) is 34.6 Å². The van der Waals surface area contributed by atoms with Crippen LogP contribution in [-0.4, -0.2) is 34.1 Å². The van der Waals surface area contributed by atoms with Crippen molar-refractivity contribution < 1.29 is 19.2 Å². The summed E-state index contributed by atoms with van der Waals surface area (Å²) in [5.74, 6) is -0.456. The summed E-state index contributed by atoms with van der Waals surface area (Å²) >= 11 is 2.87. The van der Waals surface area contributed by atoms with Gasteiger partial charge in [-0.15, -0.1) is 11.8 Å².